The molecule has 0 spiro atoms. The minimum absolute atomic E-state index is 0.0727. The van der Waals surface area contributed by atoms with Gasteiger partial charge < -0.3 is 39.9 Å². The van der Waals surface area contributed by atoms with E-state index in [0.717, 1.165) is 44.9 Å². The van der Waals surface area contributed by atoms with Crippen LogP contribution in [0.25, 0.3) is 0 Å². The summed E-state index contributed by atoms with van der Waals surface area (Å²) >= 11 is 0. The third kappa shape index (κ3) is 33.3. The van der Waals surface area contributed by atoms with E-state index in [1.165, 1.54) is 161 Å². The van der Waals surface area contributed by atoms with Crippen molar-refractivity contribution in [2.24, 2.45) is 0 Å². The number of phosphoric acid groups is 1. The molecule has 0 radical (unpaired) electrons. The van der Waals surface area contributed by atoms with Gasteiger partial charge in [-0.1, -0.05) is 205 Å². The van der Waals surface area contributed by atoms with Crippen molar-refractivity contribution in [1.82, 2.24) is 0 Å². The van der Waals surface area contributed by atoms with E-state index in [2.05, 4.69) is 38.2 Å². The third-order valence-electron chi connectivity index (χ3n) is 12.3. The summed E-state index contributed by atoms with van der Waals surface area (Å²) in [4.78, 5) is 23.2. The first-order valence-electron chi connectivity index (χ1n) is 26.2. The van der Waals surface area contributed by atoms with Gasteiger partial charge in [-0.05, 0) is 44.9 Å². The Morgan fingerprint density at radius 1 is 0.500 bits per heavy atom. The van der Waals surface area contributed by atoms with Crippen molar-refractivity contribution in [2.75, 3.05) is 19.8 Å². The zero-order valence-corrected chi connectivity index (χ0v) is 41.5. The van der Waals surface area contributed by atoms with Crippen LogP contribution in [0.3, 0.4) is 0 Å². The molecule has 0 aromatic rings. The van der Waals surface area contributed by atoms with Crippen molar-refractivity contribution in [2.45, 2.75) is 275 Å². The third-order valence-corrected chi connectivity index (χ3v) is 13.3. The number of ether oxygens (including phenoxy) is 2. The minimum Gasteiger partial charge on any atom is -0.457 e. The van der Waals surface area contributed by atoms with E-state index in [4.69, 9.17) is 18.5 Å². The van der Waals surface area contributed by atoms with Crippen LogP contribution >= 0.6 is 7.82 Å². The van der Waals surface area contributed by atoms with Gasteiger partial charge in [-0.25, -0.2) is 4.57 Å². The van der Waals surface area contributed by atoms with Gasteiger partial charge in [0.25, 0.3) is 0 Å². The van der Waals surface area contributed by atoms with Gasteiger partial charge in [-0.3, -0.25) is 13.8 Å². The van der Waals surface area contributed by atoms with Crippen molar-refractivity contribution >= 4 is 13.8 Å². The summed E-state index contributed by atoms with van der Waals surface area (Å²) in [6, 6.07) is 0. The number of allylic oxidation sites excluding steroid dienone is 4. The first-order valence-corrected chi connectivity index (χ1v) is 27.7. The number of carbonyl (C=O) groups is 1. The van der Waals surface area contributed by atoms with Gasteiger partial charge in [0.15, 0.2) is 0 Å². The molecule has 1 rings (SSSR count). The van der Waals surface area contributed by atoms with E-state index in [1.807, 2.05) is 0 Å². The second-order valence-electron chi connectivity index (χ2n) is 18.4. The summed E-state index contributed by atoms with van der Waals surface area (Å²) in [5, 5.41) is 50.3. The molecule has 64 heavy (non-hydrogen) atoms. The molecule has 378 valence electrons. The van der Waals surface area contributed by atoms with E-state index < -0.39 is 63.1 Å². The first kappa shape index (κ1) is 60.8. The number of hydrogen-bond donors (Lipinski definition) is 6. The van der Waals surface area contributed by atoms with Gasteiger partial charge in [0.2, 0.25) is 0 Å². The zero-order chi connectivity index (χ0) is 46.9. The monoisotopic (exact) mass is 933 g/mol. The van der Waals surface area contributed by atoms with Gasteiger partial charge in [-0.2, -0.15) is 0 Å². The molecule has 1 aliphatic carbocycles. The molecular formula is C51H97O12P. The van der Waals surface area contributed by atoms with Gasteiger partial charge in [-0.15, -0.1) is 0 Å². The van der Waals surface area contributed by atoms with E-state index >= 15 is 0 Å². The van der Waals surface area contributed by atoms with Crippen molar-refractivity contribution in [1.29, 1.82) is 0 Å². The highest BCUT2D eigenvalue weighted by molar-refractivity contribution is 7.47. The summed E-state index contributed by atoms with van der Waals surface area (Å²) in [5.74, 6) is -0.475. The van der Waals surface area contributed by atoms with E-state index in [1.54, 1.807) is 0 Å². The SMILES string of the molecule is CCCCCCC/C=C\C/C=C\CCCCCCCCCCCCCC(=O)OC(COCCCCCCCCCCCCCCCC)COP(=O)(O)OC1C(O)C(O)C(O)C(O)C1O. The molecule has 6 atom stereocenters. The van der Waals surface area contributed by atoms with Crippen molar-refractivity contribution in [3.8, 4) is 0 Å². The van der Waals surface area contributed by atoms with Gasteiger partial charge in [0.05, 0.1) is 13.2 Å². The standard InChI is InChI=1S/C51H97O12P/c1-3-5-7-9-11-13-15-17-19-20-21-22-23-24-25-26-27-28-30-32-34-36-38-40-45(52)62-44(42-60-41-39-37-35-33-31-29-18-16-14-12-10-8-6-4-2)43-61-64(58,59)63-51-49(56)47(54)46(53)48(55)50(51)57/h15,17,20-21,44,46-51,53-57H,3-14,16,18-19,22-43H2,1-2H3,(H,58,59)/b17-15-,21-20-. The summed E-state index contributed by atoms with van der Waals surface area (Å²) in [6.45, 7) is 4.28. The fourth-order valence-electron chi connectivity index (χ4n) is 8.15. The van der Waals surface area contributed by atoms with Crippen LogP contribution in [0, 0.1) is 0 Å². The quantitative estimate of drug-likeness (QED) is 0.0147. The lowest BCUT2D eigenvalue weighted by atomic mass is 9.85. The van der Waals surface area contributed by atoms with E-state index in [9.17, 15) is 39.8 Å². The van der Waals surface area contributed by atoms with Gasteiger partial charge in [0.1, 0.15) is 42.7 Å². The molecular weight excluding hydrogens is 836 g/mol. The second-order valence-corrected chi connectivity index (χ2v) is 19.8. The number of phosphoric ester groups is 1. The molecule has 0 aliphatic heterocycles. The highest BCUT2D eigenvalue weighted by Crippen LogP contribution is 2.47. The molecule has 1 aliphatic rings. The molecule has 0 aromatic carbocycles. The highest BCUT2D eigenvalue weighted by atomic mass is 31.2. The lowest BCUT2D eigenvalue weighted by Crippen LogP contribution is -2.64. The summed E-state index contributed by atoms with van der Waals surface area (Å²) in [5.41, 5.74) is 0. The van der Waals surface area contributed by atoms with Crippen LogP contribution in [-0.4, -0.2) is 98.9 Å². The van der Waals surface area contributed by atoms with Crippen LogP contribution in [0.15, 0.2) is 24.3 Å². The molecule has 1 saturated carbocycles. The van der Waals surface area contributed by atoms with Crippen LogP contribution in [0.1, 0.15) is 232 Å². The van der Waals surface area contributed by atoms with Crippen LogP contribution in [0.2, 0.25) is 0 Å². The number of unbranched alkanes of at least 4 members (excludes halogenated alkanes) is 29. The summed E-state index contributed by atoms with van der Waals surface area (Å²) in [7, 11) is -5.02. The molecule has 0 amide bonds. The van der Waals surface area contributed by atoms with Crippen LogP contribution in [-0.2, 0) is 27.9 Å². The lowest BCUT2D eigenvalue weighted by Gasteiger charge is -2.41. The zero-order valence-electron chi connectivity index (χ0n) is 40.6. The van der Waals surface area contributed by atoms with Crippen molar-refractivity contribution in [3.63, 3.8) is 0 Å². The summed E-state index contributed by atoms with van der Waals surface area (Å²) < 4.78 is 34.3. The molecule has 6 unspecified atom stereocenters. The highest BCUT2D eigenvalue weighted by Gasteiger charge is 2.51. The largest absolute Gasteiger partial charge is 0.472 e. The lowest BCUT2D eigenvalue weighted by molar-refractivity contribution is -0.220. The van der Waals surface area contributed by atoms with Gasteiger partial charge in [0, 0.05) is 13.0 Å². The average Bonchev–Trinajstić information content (AvgIpc) is 3.28. The molecule has 0 saturated heterocycles. The molecule has 12 nitrogen and oxygen atoms in total. The van der Waals surface area contributed by atoms with Crippen molar-refractivity contribution < 1.29 is 58.3 Å². The number of rotatable bonds is 45. The molecule has 1 fully saturated rings. The number of carbonyl (C=O) groups excluding carboxylic acids is 1. The Hall–Kier alpha value is -1.18. The Bertz CT molecular complexity index is 1150. The molecule has 0 aromatic heterocycles. The Labute approximate surface area is 390 Å². The number of aliphatic hydroxyl groups is 5. The molecule has 0 bridgehead atoms. The second kappa shape index (κ2) is 42.0. The number of aliphatic hydroxyl groups excluding tert-OH is 5. The van der Waals surface area contributed by atoms with E-state index in [0.29, 0.717) is 13.0 Å². The fraction of sp³-hybridized carbons (Fsp3) is 0.902. The smallest absolute Gasteiger partial charge is 0.457 e. The predicted molar refractivity (Wildman–Crippen MR) is 258 cm³/mol. The molecule has 6 N–H and O–H groups in total. The van der Waals surface area contributed by atoms with Gasteiger partial charge >= 0.3 is 13.8 Å². The normalized spacial score (nSPS) is 21.8. The first-order chi connectivity index (χ1) is 31.0. The Morgan fingerprint density at radius 3 is 1.31 bits per heavy atom. The topological polar surface area (TPSA) is 192 Å². The fourth-order valence-corrected chi connectivity index (χ4v) is 9.12. The molecule has 13 heteroatoms. The van der Waals surface area contributed by atoms with E-state index in [-0.39, 0.29) is 13.0 Å². The minimum atomic E-state index is -5.02. The maximum atomic E-state index is 12.8. The average molecular weight is 933 g/mol. The van der Waals surface area contributed by atoms with Crippen LogP contribution in [0.5, 0.6) is 0 Å². The summed E-state index contributed by atoms with van der Waals surface area (Å²) in [6.07, 6.45) is 36.7. The van der Waals surface area contributed by atoms with Crippen molar-refractivity contribution in [3.05, 3.63) is 24.3 Å². The number of esters is 1. The molecule has 0 heterocycles. The van der Waals surface area contributed by atoms with Crippen LogP contribution in [0.4, 0.5) is 0 Å². The maximum Gasteiger partial charge on any atom is 0.472 e. The Morgan fingerprint density at radius 2 is 0.875 bits per heavy atom. The Kier molecular flexibility index (Phi) is 39.9. The Balaban J connectivity index is 2.30. The van der Waals surface area contributed by atoms with Crippen LogP contribution < -0.4 is 0 Å². The maximum absolute atomic E-state index is 12.8. The predicted octanol–water partition coefficient (Wildman–Crippen LogP) is 11.7. The number of hydrogen-bond acceptors (Lipinski definition) is 11.